The number of nitro groups is 1. The number of hydrogen-bond acceptors (Lipinski definition) is 6. The van der Waals surface area contributed by atoms with Crippen LogP contribution in [0.15, 0.2) is 53.4 Å². The third-order valence-corrected chi connectivity index (χ3v) is 3.58. The molecule has 0 fully saturated rings. The molecule has 0 saturated carbocycles. The number of hydrogen-bond donors (Lipinski definition) is 1. The van der Waals surface area contributed by atoms with E-state index in [2.05, 4.69) is 0 Å². The van der Waals surface area contributed by atoms with E-state index < -0.39 is 15.0 Å². The van der Waals surface area contributed by atoms with Crippen LogP contribution in [0.3, 0.4) is 0 Å². The van der Waals surface area contributed by atoms with Crippen LogP contribution in [0.5, 0.6) is 11.5 Å². The normalized spacial score (nSPS) is 11.0. The summed E-state index contributed by atoms with van der Waals surface area (Å²) in [5.74, 6) is -0.242. The lowest BCUT2D eigenvalue weighted by atomic mass is 10.3. The van der Waals surface area contributed by atoms with Crippen molar-refractivity contribution < 1.29 is 22.6 Å². The molecule has 0 saturated heterocycles. The van der Waals surface area contributed by atoms with Crippen molar-refractivity contribution in [3.05, 3.63) is 58.6 Å². The Morgan fingerprint density at radius 1 is 1.10 bits per heavy atom. The third kappa shape index (κ3) is 3.04. The van der Waals surface area contributed by atoms with Crippen molar-refractivity contribution >= 4 is 15.8 Å². The van der Waals surface area contributed by atoms with Gasteiger partial charge in [0, 0.05) is 18.2 Å². The topological polar surface area (TPSA) is 107 Å². The highest BCUT2D eigenvalue weighted by molar-refractivity contribution is 7.87. The summed E-state index contributed by atoms with van der Waals surface area (Å²) in [6, 6.07) is 9.73. The van der Waals surface area contributed by atoms with Gasteiger partial charge >= 0.3 is 10.1 Å². The van der Waals surface area contributed by atoms with Crippen molar-refractivity contribution in [1.29, 1.82) is 0 Å². The van der Waals surface area contributed by atoms with Crippen molar-refractivity contribution in [2.75, 3.05) is 0 Å². The lowest BCUT2D eigenvalue weighted by molar-refractivity contribution is -0.385. The maximum atomic E-state index is 12.0. The molecular weight excluding hydrogens is 286 g/mol. The second-order valence-electron chi connectivity index (χ2n) is 3.79. The van der Waals surface area contributed by atoms with Crippen LogP contribution in [0.1, 0.15) is 0 Å². The Labute approximate surface area is 114 Å². The quantitative estimate of drug-likeness (QED) is 0.525. The van der Waals surface area contributed by atoms with Crippen LogP contribution in [-0.2, 0) is 10.1 Å². The van der Waals surface area contributed by atoms with Gasteiger partial charge < -0.3 is 9.29 Å². The van der Waals surface area contributed by atoms with E-state index in [-0.39, 0.29) is 22.1 Å². The summed E-state index contributed by atoms with van der Waals surface area (Å²) in [6.07, 6.45) is 0. The van der Waals surface area contributed by atoms with E-state index in [0.717, 1.165) is 12.1 Å². The first kappa shape index (κ1) is 13.8. The monoisotopic (exact) mass is 295 g/mol. The average Bonchev–Trinajstić information content (AvgIpc) is 2.38. The van der Waals surface area contributed by atoms with Gasteiger partial charge in [-0.3, -0.25) is 10.1 Å². The van der Waals surface area contributed by atoms with E-state index in [1.807, 2.05) is 0 Å². The first-order valence-corrected chi connectivity index (χ1v) is 6.77. The molecule has 0 aliphatic rings. The molecule has 1 N–H and O–H groups in total. The van der Waals surface area contributed by atoms with Crippen LogP contribution >= 0.6 is 0 Å². The zero-order valence-corrected chi connectivity index (χ0v) is 10.8. The first-order valence-electron chi connectivity index (χ1n) is 5.36. The molecule has 0 aliphatic heterocycles. The molecule has 0 spiro atoms. The van der Waals surface area contributed by atoms with Crippen molar-refractivity contribution in [2.45, 2.75) is 4.90 Å². The smallest absolute Gasteiger partial charge is 0.339 e. The highest BCUT2D eigenvalue weighted by Gasteiger charge is 2.19. The minimum Gasteiger partial charge on any atom is -0.508 e. The molecule has 20 heavy (non-hydrogen) atoms. The van der Waals surface area contributed by atoms with Crippen LogP contribution in [0, 0.1) is 10.1 Å². The van der Waals surface area contributed by atoms with Gasteiger partial charge in [0.1, 0.15) is 16.4 Å². The number of aromatic hydroxyl groups is 1. The van der Waals surface area contributed by atoms with Gasteiger partial charge in [0.25, 0.3) is 5.69 Å². The minimum absolute atomic E-state index is 0.0866. The number of nitrogens with zero attached hydrogens (tertiary/aromatic N) is 1. The molecule has 2 rings (SSSR count). The SMILES string of the molecule is O=[N+]([O-])c1cccc(S(=O)(=O)Oc2cccc(O)c2)c1. The molecule has 0 amide bonds. The van der Waals surface area contributed by atoms with Crippen LogP contribution in [0.2, 0.25) is 0 Å². The zero-order chi connectivity index (χ0) is 14.8. The fourth-order valence-electron chi connectivity index (χ4n) is 1.46. The van der Waals surface area contributed by atoms with E-state index in [4.69, 9.17) is 4.18 Å². The third-order valence-electron chi connectivity index (χ3n) is 2.34. The van der Waals surface area contributed by atoms with E-state index in [9.17, 15) is 23.6 Å². The Balaban J connectivity index is 2.35. The van der Waals surface area contributed by atoms with Crippen LogP contribution in [0.25, 0.3) is 0 Å². The second-order valence-corrected chi connectivity index (χ2v) is 5.34. The lowest BCUT2D eigenvalue weighted by Gasteiger charge is -2.07. The summed E-state index contributed by atoms with van der Waals surface area (Å²) in [7, 11) is -4.20. The molecule has 0 unspecified atom stereocenters. The maximum absolute atomic E-state index is 12.0. The predicted octanol–water partition coefficient (Wildman–Crippen LogP) is 2.07. The van der Waals surface area contributed by atoms with Crippen LogP contribution in [-0.4, -0.2) is 18.4 Å². The summed E-state index contributed by atoms with van der Waals surface area (Å²) in [5.41, 5.74) is -0.356. The van der Waals surface area contributed by atoms with Gasteiger partial charge in [-0.15, -0.1) is 0 Å². The minimum atomic E-state index is -4.20. The fraction of sp³-hybridized carbons (Fsp3) is 0. The van der Waals surface area contributed by atoms with Gasteiger partial charge in [0.05, 0.1) is 4.92 Å². The second kappa shape index (κ2) is 5.17. The summed E-state index contributed by atoms with van der Waals surface area (Å²) < 4.78 is 28.7. The van der Waals surface area contributed by atoms with Gasteiger partial charge in [0.15, 0.2) is 0 Å². The Morgan fingerprint density at radius 3 is 2.45 bits per heavy atom. The van der Waals surface area contributed by atoms with Gasteiger partial charge in [-0.05, 0) is 18.2 Å². The predicted molar refractivity (Wildman–Crippen MR) is 69.0 cm³/mol. The van der Waals surface area contributed by atoms with Crippen molar-refractivity contribution in [3.63, 3.8) is 0 Å². The van der Waals surface area contributed by atoms with Gasteiger partial charge in [-0.2, -0.15) is 8.42 Å². The molecule has 0 bridgehead atoms. The molecule has 0 atom stereocenters. The molecule has 0 radical (unpaired) electrons. The maximum Gasteiger partial charge on any atom is 0.339 e. The lowest BCUT2D eigenvalue weighted by Crippen LogP contribution is -2.09. The molecule has 104 valence electrons. The number of benzene rings is 2. The van der Waals surface area contributed by atoms with Crippen molar-refractivity contribution in [2.24, 2.45) is 0 Å². The molecular formula is C12H9NO6S. The van der Waals surface area contributed by atoms with Crippen LogP contribution < -0.4 is 4.18 Å². The summed E-state index contributed by atoms with van der Waals surface area (Å²) in [6.45, 7) is 0. The van der Waals surface area contributed by atoms with E-state index in [1.165, 1.54) is 36.4 Å². The van der Waals surface area contributed by atoms with Gasteiger partial charge in [0.2, 0.25) is 0 Å². The zero-order valence-electron chi connectivity index (χ0n) is 9.96. The summed E-state index contributed by atoms with van der Waals surface area (Å²) >= 11 is 0. The molecule has 0 heterocycles. The van der Waals surface area contributed by atoms with Crippen molar-refractivity contribution in [3.8, 4) is 11.5 Å². The summed E-state index contributed by atoms with van der Waals surface area (Å²) in [5, 5.41) is 19.9. The summed E-state index contributed by atoms with van der Waals surface area (Å²) in [4.78, 5) is 9.58. The highest BCUT2D eigenvalue weighted by atomic mass is 32.2. The molecule has 7 nitrogen and oxygen atoms in total. The Kier molecular flexibility index (Phi) is 3.57. The number of phenols is 1. The molecule has 0 aliphatic carbocycles. The van der Waals surface area contributed by atoms with Gasteiger partial charge in [-0.1, -0.05) is 12.1 Å². The van der Waals surface area contributed by atoms with E-state index in [1.54, 1.807) is 0 Å². The molecule has 2 aromatic rings. The number of nitro benzene ring substituents is 1. The standard InChI is InChI=1S/C12H9NO6S/c14-10-4-2-5-11(8-10)19-20(17,18)12-6-1-3-9(7-12)13(15)16/h1-8,14H. The number of phenolic OH excluding ortho intramolecular Hbond substituents is 1. The average molecular weight is 295 g/mol. The van der Waals surface area contributed by atoms with Crippen molar-refractivity contribution in [1.82, 2.24) is 0 Å². The Bertz CT molecular complexity index is 756. The fourth-order valence-corrected chi connectivity index (χ4v) is 2.43. The first-order chi connectivity index (χ1) is 9.38. The highest BCUT2D eigenvalue weighted by Crippen LogP contribution is 2.24. The van der Waals surface area contributed by atoms with Crippen LogP contribution in [0.4, 0.5) is 5.69 Å². The molecule has 2 aromatic carbocycles. The number of rotatable bonds is 4. The van der Waals surface area contributed by atoms with Gasteiger partial charge in [-0.25, -0.2) is 0 Å². The Hall–Kier alpha value is -2.61. The molecule has 8 heteroatoms. The largest absolute Gasteiger partial charge is 0.508 e. The number of non-ortho nitro benzene ring substituents is 1. The Morgan fingerprint density at radius 2 is 1.80 bits per heavy atom. The van der Waals surface area contributed by atoms with E-state index in [0.29, 0.717) is 0 Å². The van der Waals surface area contributed by atoms with E-state index >= 15 is 0 Å². The molecule has 0 aromatic heterocycles.